The van der Waals surface area contributed by atoms with E-state index in [2.05, 4.69) is 31.2 Å². The largest absolute Gasteiger partial charge is 0.366 e. The van der Waals surface area contributed by atoms with E-state index in [1.165, 1.54) is 6.07 Å². The van der Waals surface area contributed by atoms with Crippen molar-refractivity contribution in [3.8, 4) is 0 Å². The van der Waals surface area contributed by atoms with Crippen LogP contribution >= 0.6 is 27.5 Å². The summed E-state index contributed by atoms with van der Waals surface area (Å²) in [6.07, 6.45) is 2.76. The summed E-state index contributed by atoms with van der Waals surface area (Å²) < 4.78 is 13.6. The number of hydrogen-bond acceptors (Lipinski definition) is 3. The van der Waals surface area contributed by atoms with Crippen molar-refractivity contribution in [3.63, 3.8) is 0 Å². The van der Waals surface area contributed by atoms with E-state index < -0.39 is 0 Å². The lowest BCUT2D eigenvalue weighted by Gasteiger charge is -2.06. The van der Waals surface area contributed by atoms with Gasteiger partial charge < -0.3 is 5.32 Å². The van der Waals surface area contributed by atoms with Crippen LogP contribution in [0.15, 0.2) is 35.1 Å². The van der Waals surface area contributed by atoms with E-state index in [1.54, 1.807) is 18.3 Å². The molecule has 3 nitrogen and oxygen atoms in total. The number of nitrogens with zero attached hydrogens (tertiary/aromatic N) is 2. The summed E-state index contributed by atoms with van der Waals surface area (Å²) >= 11 is 9.10. The Labute approximate surface area is 111 Å². The van der Waals surface area contributed by atoms with Gasteiger partial charge in [-0.2, -0.15) is 0 Å². The van der Waals surface area contributed by atoms with E-state index >= 15 is 0 Å². The molecule has 0 amide bonds. The van der Waals surface area contributed by atoms with Gasteiger partial charge in [0.05, 0.1) is 10.7 Å². The molecule has 2 rings (SSSR count). The molecule has 2 aromatic rings. The summed E-state index contributed by atoms with van der Waals surface area (Å²) in [6.45, 7) is 0.440. The first-order valence-corrected chi connectivity index (χ1v) is 5.97. The molecule has 0 aliphatic heterocycles. The maximum Gasteiger partial charge on any atom is 0.145 e. The Morgan fingerprint density at radius 3 is 2.88 bits per heavy atom. The molecule has 2 heterocycles. The molecule has 0 aliphatic carbocycles. The number of anilines is 1. The standard InChI is InChI=1S/C11H8BrClFN3/c12-9-1-2-10(17-11(9)13)16-5-7-3-8(14)6-15-4-7/h1-4,6H,5H2,(H,16,17). The van der Waals surface area contributed by atoms with Gasteiger partial charge in [0.25, 0.3) is 0 Å². The van der Waals surface area contributed by atoms with Gasteiger partial charge in [-0.3, -0.25) is 4.98 Å². The highest BCUT2D eigenvalue weighted by atomic mass is 79.9. The van der Waals surface area contributed by atoms with E-state index in [9.17, 15) is 4.39 Å². The van der Waals surface area contributed by atoms with Crippen molar-refractivity contribution in [1.82, 2.24) is 9.97 Å². The molecule has 0 aliphatic rings. The zero-order chi connectivity index (χ0) is 12.3. The van der Waals surface area contributed by atoms with Crippen molar-refractivity contribution in [1.29, 1.82) is 0 Å². The van der Waals surface area contributed by atoms with E-state index in [0.29, 0.717) is 17.5 Å². The fourth-order valence-corrected chi connectivity index (χ4v) is 1.64. The van der Waals surface area contributed by atoms with Crippen LogP contribution in [0.2, 0.25) is 5.15 Å². The van der Waals surface area contributed by atoms with Crippen LogP contribution in [0.5, 0.6) is 0 Å². The van der Waals surface area contributed by atoms with Gasteiger partial charge in [0.15, 0.2) is 0 Å². The molecule has 0 atom stereocenters. The van der Waals surface area contributed by atoms with Gasteiger partial charge in [0.1, 0.15) is 16.8 Å². The highest BCUT2D eigenvalue weighted by Gasteiger charge is 2.01. The van der Waals surface area contributed by atoms with Crippen molar-refractivity contribution in [2.45, 2.75) is 6.54 Å². The Hall–Kier alpha value is -1.20. The average molecular weight is 317 g/mol. The second-order valence-corrected chi connectivity index (χ2v) is 4.55. The zero-order valence-electron chi connectivity index (χ0n) is 8.62. The lowest BCUT2D eigenvalue weighted by molar-refractivity contribution is 0.619. The van der Waals surface area contributed by atoms with Crippen LogP contribution < -0.4 is 5.32 Å². The second kappa shape index (κ2) is 5.42. The molecule has 88 valence electrons. The highest BCUT2D eigenvalue weighted by Crippen LogP contribution is 2.21. The molecule has 0 fully saturated rings. The van der Waals surface area contributed by atoms with Gasteiger partial charge in [0.2, 0.25) is 0 Å². The van der Waals surface area contributed by atoms with Gasteiger partial charge in [-0.1, -0.05) is 11.6 Å². The van der Waals surface area contributed by atoms with Crippen LogP contribution in [-0.4, -0.2) is 9.97 Å². The van der Waals surface area contributed by atoms with Crippen LogP contribution in [0, 0.1) is 5.82 Å². The Morgan fingerprint density at radius 1 is 1.35 bits per heavy atom. The summed E-state index contributed by atoms with van der Waals surface area (Å²) in [5, 5.41) is 3.41. The molecule has 0 bridgehead atoms. The van der Waals surface area contributed by atoms with Gasteiger partial charge in [-0.25, -0.2) is 9.37 Å². The summed E-state index contributed by atoms with van der Waals surface area (Å²) in [5.74, 6) is 0.272. The van der Waals surface area contributed by atoms with E-state index in [0.717, 1.165) is 16.2 Å². The molecule has 17 heavy (non-hydrogen) atoms. The normalized spacial score (nSPS) is 10.3. The Balaban J connectivity index is 2.05. The fraction of sp³-hybridized carbons (Fsp3) is 0.0909. The zero-order valence-corrected chi connectivity index (χ0v) is 11.0. The van der Waals surface area contributed by atoms with Gasteiger partial charge >= 0.3 is 0 Å². The molecule has 1 N–H and O–H groups in total. The molecule has 2 aromatic heterocycles. The van der Waals surface area contributed by atoms with Crippen LogP contribution in [0.1, 0.15) is 5.56 Å². The average Bonchev–Trinajstić information content (AvgIpc) is 2.31. The maximum atomic E-state index is 12.9. The minimum atomic E-state index is -0.355. The third-order valence-corrected chi connectivity index (χ3v) is 3.19. The quantitative estimate of drug-likeness (QED) is 0.879. The topological polar surface area (TPSA) is 37.8 Å². The number of nitrogens with one attached hydrogen (secondary N) is 1. The van der Waals surface area contributed by atoms with Crippen LogP contribution in [-0.2, 0) is 6.54 Å². The van der Waals surface area contributed by atoms with Crippen molar-refractivity contribution in [2.24, 2.45) is 0 Å². The van der Waals surface area contributed by atoms with Gasteiger partial charge in [-0.05, 0) is 39.7 Å². The van der Waals surface area contributed by atoms with Crippen molar-refractivity contribution >= 4 is 33.3 Å². The predicted octanol–water partition coefficient (Wildman–Crippen LogP) is 3.64. The van der Waals surface area contributed by atoms with E-state index in [1.807, 2.05) is 0 Å². The molecule has 0 radical (unpaired) electrons. The van der Waals surface area contributed by atoms with E-state index in [4.69, 9.17) is 11.6 Å². The lowest BCUT2D eigenvalue weighted by atomic mass is 10.3. The third kappa shape index (κ3) is 3.38. The molecule has 6 heteroatoms. The number of pyridine rings is 2. The minimum Gasteiger partial charge on any atom is -0.366 e. The smallest absolute Gasteiger partial charge is 0.145 e. The Morgan fingerprint density at radius 2 is 2.18 bits per heavy atom. The van der Waals surface area contributed by atoms with Crippen LogP contribution in [0.25, 0.3) is 0 Å². The van der Waals surface area contributed by atoms with Gasteiger partial charge in [-0.15, -0.1) is 0 Å². The lowest BCUT2D eigenvalue weighted by Crippen LogP contribution is -2.02. The molecule has 0 spiro atoms. The Kier molecular flexibility index (Phi) is 3.91. The third-order valence-electron chi connectivity index (χ3n) is 2.04. The summed E-state index contributed by atoms with van der Waals surface area (Å²) in [6, 6.07) is 4.99. The first-order chi connectivity index (χ1) is 8.15. The molecule has 0 aromatic carbocycles. The Bertz CT molecular complexity index is 536. The predicted molar refractivity (Wildman–Crippen MR) is 68.5 cm³/mol. The first kappa shape index (κ1) is 12.3. The van der Waals surface area contributed by atoms with Crippen LogP contribution in [0.4, 0.5) is 10.2 Å². The van der Waals surface area contributed by atoms with E-state index in [-0.39, 0.29) is 5.82 Å². The first-order valence-electron chi connectivity index (χ1n) is 4.80. The molecular weight excluding hydrogens is 308 g/mol. The maximum absolute atomic E-state index is 12.9. The van der Waals surface area contributed by atoms with Crippen molar-refractivity contribution in [3.05, 3.63) is 51.6 Å². The molecule has 0 unspecified atom stereocenters. The summed E-state index contributed by atoms with van der Waals surface area (Å²) in [7, 11) is 0. The minimum absolute atomic E-state index is 0.355. The van der Waals surface area contributed by atoms with Crippen molar-refractivity contribution < 1.29 is 4.39 Å². The summed E-state index contributed by atoms with van der Waals surface area (Å²) in [5.41, 5.74) is 0.742. The number of rotatable bonds is 3. The number of aromatic nitrogens is 2. The van der Waals surface area contributed by atoms with Gasteiger partial charge in [0, 0.05) is 12.7 Å². The van der Waals surface area contributed by atoms with Crippen LogP contribution in [0.3, 0.4) is 0 Å². The molecule has 0 saturated carbocycles. The highest BCUT2D eigenvalue weighted by molar-refractivity contribution is 9.10. The molecule has 0 saturated heterocycles. The summed E-state index contributed by atoms with van der Waals surface area (Å²) in [4.78, 5) is 7.86. The number of hydrogen-bond donors (Lipinski definition) is 1. The second-order valence-electron chi connectivity index (χ2n) is 3.33. The monoisotopic (exact) mass is 315 g/mol. The fourth-order valence-electron chi connectivity index (χ4n) is 1.26. The number of halogens is 3. The molecular formula is C11H8BrClFN3. The SMILES string of the molecule is Fc1cncc(CNc2ccc(Br)c(Cl)n2)c1. The van der Waals surface area contributed by atoms with Crippen molar-refractivity contribution in [2.75, 3.05) is 5.32 Å².